The van der Waals surface area contributed by atoms with Gasteiger partial charge in [-0.1, -0.05) is 0 Å². The minimum absolute atomic E-state index is 0.116. The molecule has 108 valence electrons. The van der Waals surface area contributed by atoms with Crippen molar-refractivity contribution in [2.24, 2.45) is 5.92 Å². The lowest BCUT2D eigenvalue weighted by atomic mass is 10.1. The molecule has 3 atom stereocenters. The van der Waals surface area contributed by atoms with E-state index in [0.717, 1.165) is 12.8 Å². The van der Waals surface area contributed by atoms with E-state index in [1.165, 1.54) is 0 Å². The molecule has 2 aliphatic heterocycles. The maximum absolute atomic E-state index is 12.6. The second-order valence-electron chi connectivity index (χ2n) is 7.10. The minimum atomic E-state index is -0.186. The van der Waals surface area contributed by atoms with Crippen molar-refractivity contribution < 1.29 is 9.59 Å². The highest BCUT2D eigenvalue weighted by molar-refractivity contribution is 5.90. The minimum Gasteiger partial charge on any atom is -0.337 e. The summed E-state index contributed by atoms with van der Waals surface area (Å²) in [6, 6.07) is 0.641. The van der Waals surface area contributed by atoms with E-state index in [1.807, 2.05) is 30.6 Å². The Kier molecular flexibility index (Phi) is 3.63. The summed E-state index contributed by atoms with van der Waals surface area (Å²) in [4.78, 5) is 28.6. The third-order valence-electron chi connectivity index (χ3n) is 4.49. The van der Waals surface area contributed by atoms with Crippen LogP contribution in [0.1, 0.15) is 53.9 Å². The van der Waals surface area contributed by atoms with Gasteiger partial charge in [-0.2, -0.15) is 0 Å². The van der Waals surface area contributed by atoms with E-state index in [-0.39, 0.29) is 23.3 Å². The molecule has 0 N–H and O–H groups in total. The Balaban J connectivity index is 2.08. The van der Waals surface area contributed by atoms with Gasteiger partial charge in [0.05, 0.1) is 5.92 Å². The summed E-state index contributed by atoms with van der Waals surface area (Å²) in [6.45, 7) is 10.9. The molecule has 1 unspecified atom stereocenters. The summed E-state index contributed by atoms with van der Waals surface area (Å²) in [5.74, 6) is 0.151. The largest absolute Gasteiger partial charge is 0.337 e. The van der Waals surface area contributed by atoms with E-state index >= 15 is 0 Å². The van der Waals surface area contributed by atoms with E-state index in [0.29, 0.717) is 25.0 Å². The van der Waals surface area contributed by atoms with Crippen molar-refractivity contribution in [3.05, 3.63) is 0 Å². The zero-order valence-electron chi connectivity index (χ0n) is 12.8. The van der Waals surface area contributed by atoms with Crippen LogP contribution in [0, 0.1) is 5.92 Å². The van der Waals surface area contributed by atoms with Crippen LogP contribution in [-0.2, 0) is 9.59 Å². The van der Waals surface area contributed by atoms with E-state index in [4.69, 9.17) is 0 Å². The lowest BCUT2D eigenvalue weighted by molar-refractivity contribution is -0.138. The number of amides is 2. The fraction of sp³-hybridized carbons (Fsp3) is 0.867. The Hall–Kier alpha value is -1.06. The molecular weight excluding hydrogens is 240 g/mol. The molecule has 4 nitrogen and oxygen atoms in total. The van der Waals surface area contributed by atoms with Crippen LogP contribution < -0.4 is 0 Å². The van der Waals surface area contributed by atoms with Crippen molar-refractivity contribution in [3.63, 3.8) is 0 Å². The molecule has 0 aromatic rings. The molecule has 0 aromatic heterocycles. The summed E-state index contributed by atoms with van der Waals surface area (Å²) in [5, 5.41) is 0. The van der Waals surface area contributed by atoms with Gasteiger partial charge in [-0.3, -0.25) is 9.59 Å². The van der Waals surface area contributed by atoms with E-state index in [2.05, 4.69) is 13.8 Å². The number of carbonyl (C=O) groups is 2. The molecule has 19 heavy (non-hydrogen) atoms. The first-order valence-corrected chi connectivity index (χ1v) is 7.34. The van der Waals surface area contributed by atoms with Crippen LogP contribution in [-0.4, -0.2) is 45.8 Å². The van der Waals surface area contributed by atoms with Crippen LogP contribution in [0.2, 0.25) is 0 Å². The number of likely N-dealkylation sites (tertiary alicyclic amines) is 2. The SMILES string of the molecule is C[C@@H]1CC[C@H](C)N1C(=O)C1CC(=O)N(C(C)(C)C)C1. The molecule has 2 aliphatic rings. The summed E-state index contributed by atoms with van der Waals surface area (Å²) >= 11 is 0. The van der Waals surface area contributed by atoms with Crippen molar-refractivity contribution in [1.29, 1.82) is 0 Å². The first-order chi connectivity index (χ1) is 8.71. The molecular formula is C15H26N2O2. The number of rotatable bonds is 1. The fourth-order valence-electron chi connectivity index (χ4n) is 3.36. The molecule has 2 rings (SSSR count). The van der Waals surface area contributed by atoms with E-state index < -0.39 is 0 Å². The average molecular weight is 266 g/mol. The van der Waals surface area contributed by atoms with Gasteiger partial charge in [-0.25, -0.2) is 0 Å². The smallest absolute Gasteiger partial charge is 0.228 e. The van der Waals surface area contributed by atoms with Crippen molar-refractivity contribution in [2.45, 2.75) is 71.5 Å². The number of hydrogen-bond donors (Lipinski definition) is 0. The lowest BCUT2D eigenvalue weighted by Gasteiger charge is -2.33. The molecule has 2 heterocycles. The summed E-state index contributed by atoms with van der Waals surface area (Å²) in [6.07, 6.45) is 2.54. The van der Waals surface area contributed by atoms with Crippen LogP contribution >= 0.6 is 0 Å². The Labute approximate surface area is 116 Å². The van der Waals surface area contributed by atoms with Crippen LogP contribution in [0.5, 0.6) is 0 Å². The monoisotopic (exact) mass is 266 g/mol. The molecule has 0 radical (unpaired) electrons. The Bertz CT molecular complexity index is 376. The highest BCUT2D eigenvalue weighted by atomic mass is 16.2. The fourth-order valence-corrected chi connectivity index (χ4v) is 3.36. The second-order valence-corrected chi connectivity index (χ2v) is 7.10. The van der Waals surface area contributed by atoms with Crippen molar-refractivity contribution in [1.82, 2.24) is 9.80 Å². The van der Waals surface area contributed by atoms with Crippen molar-refractivity contribution in [3.8, 4) is 0 Å². The molecule has 2 amide bonds. The molecule has 4 heteroatoms. The van der Waals surface area contributed by atoms with Gasteiger partial charge in [-0.15, -0.1) is 0 Å². The Morgan fingerprint density at radius 1 is 1.16 bits per heavy atom. The third-order valence-corrected chi connectivity index (χ3v) is 4.49. The number of hydrogen-bond acceptors (Lipinski definition) is 2. The zero-order valence-corrected chi connectivity index (χ0v) is 12.8. The molecule has 2 fully saturated rings. The standard InChI is InChI=1S/C15H26N2O2/c1-10-6-7-11(2)17(10)14(19)12-8-13(18)16(9-12)15(3,4)5/h10-12H,6-9H2,1-5H3/t10-,11+,12?. The van der Waals surface area contributed by atoms with Gasteiger partial charge in [0.1, 0.15) is 0 Å². The quantitative estimate of drug-likeness (QED) is 0.728. The van der Waals surface area contributed by atoms with Gasteiger partial charge in [0.15, 0.2) is 0 Å². The number of nitrogens with zero attached hydrogens (tertiary/aromatic N) is 2. The van der Waals surface area contributed by atoms with Gasteiger partial charge >= 0.3 is 0 Å². The maximum atomic E-state index is 12.6. The molecule has 0 spiro atoms. The van der Waals surface area contributed by atoms with Crippen molar-refractivity contribution in [2.75, 3.05) is 6.54 Å². The van der Waals surface area contributed by atoms with Gasteiger partial charge in [-0.05, 0) is 47.5 Å². The maximum Gasteiger partial charge on any atom is 0.228 e. The van der Waals surface area contributed by atoms with E-state index in [9.17, 15) is 9.59 Å². The van der Waals surface area contributed by atoms with Crippen LogP contribution in [0.3, 0.4) is 0 Å². The zero-order chi connectivity index (χ0) is 14.4. The Morgan fingerprint density at radius 3 is 2.11 bits per heavy atom. The molecule has 0 aliphatic carbocycles. The predicted octanol–water partition coefficient (Wildman–Crippen LogP) is 2.03. The first kappa shape index (κ1) is 14.4. The topological polar surface area (TPSA) is 40.6 Å². The molecule has 0 bridgehead atoms. The van der Waals surface area contributed by atoms with Gasteiger partial charge in [0.2, 0.25) is 11.8 Å². The van der Waals surface area contributed by atoms with Gasteiger partial charge in [0.25, 0.3) is 0 Å². The first-order valence-electron chi connectivity index (χ1n) is 7.34. The Morgan fingerprint density at radius 2 is 1.68 bits per heavy atom. The van der Waals surface area contributed by atoms with Crippen molar-refractivity contribution >= 4 is 11.8 Å². The number of carbonyl (C=O) groups excluding carboxylic acids is 2. The predicted molar refractivity (Wildman–Crippen MR) is 74.6 cm³/mol. The van der Waals surface area contributed by atoms with Gasteiger partial charge < -0.3 is 9.80 Å². The molecule has 0 aromatic carbocycles. The summed E-state index contributed by atoms with van der Waals surface area (Å²) < 4.78 is 0. The summed E-state index contributed by atoms with van der Waals surface area (Å²) in [5.41, 5.74) is -0.186. The van der Waals surface area contributed by atoms with Crippen LogP contribution in [0.15, 0.2) is 0 Å². The second kappa shape index (κ2) is 4.80. The van der Waals surface area contributed by atoms with E-state index in [1.54, 1.807) is 0 Å². The highest BCUT2D eigenvalue weighted by Gasteiger charge is 2.43. The molecule has 0 saturated carbocycles. The third kappa shape index (κ3) is 2.63. The van der Waals surface area contributed by atoms with Crippen LogP contribution in [0.4, 0.5) is 0 Å². The molecule has 2 saturated heterocycles. The summed E-state index contributed by atoms with van der Waals surface area (Å²) in [7, 11) is 0. The lowest BCUT2D eigenvalue weighted by Crippen LogP contribution is -2.45. The normalized spacial score (nSPS) is 32.3. The van der Waals surface area contributed by atoms with Crippen LogP contribution in [0.25, 0.3) is 0 Å². The highest BCUT2D eigenvalue weighted by Crippen LogP contribution is 2.31. The average Bonchev–Trinajstić information content (AvgIpc) is 2.81. The van der Waals surface area contributed by atoms with Gasteiger partial charge in [0, 0.05) is 30.6 Å².